The second kappa shape index (κ2) is 7.88. The summed E-state index contributed by atoms with van der Waals surface area (Å²) in [6, 6.07) is 10.1. The van der Waals surface area contributed by atoms with Crippen molar-refractivity contribution in [2.75, 3.05) is 7.11 Å². The van der Waals surface area contributed by atoms with Gasteiger partial charge in [0.15, 0.2) is 0 Å². The van der Waals surface area contributed by atoms with Crippen LogP contribution < -0.4 is 5.32 Å². The van der Waals surface area contributed by atoms with Gasteiger partial charge in [0.05, 0.1) is 20.2 Å². The summed E-state index contributed by atoms with van der Waals surface area (Å²) in [6.07, 6.45) is 7.17. The van der Waals surface area contributed by atoms with Gasteiger partial charge in [0.2, 0.25) is 5.76 Å². The molecule has 3 heterocycles. The summed E-state index contributed by atoms with van der Waals surface area (Å²) in [4.78, 5) is 37.9. The molecule has 156 valence electrons. The maximum atomic E-state index is 12.9. The van der Waals surface area contributed by atoms with E-state index in [1.807, 2.05) is 35.8 Å². The zero-order chi connectivity index (χ0) is 22.1. The number of fused-ring (bicyclic) bond motifs is 1. The number of ether oxygens (including phenoxy) is 1. The number of benzene rings is 1. The summed E-state index contributed by atoms with van der Waals surface area (Å²) in [7, 11) is 1.24. The average molecular weight is 417 g/mol. The summed E-state index contributed by atoms with van der Waals surface area (Å²) in [6.45, 7) is 2.19. The molecule has 0 spiro atoms. The Balaban J connectivity index is 1.65. The Bertz CT molecular complexity index is 1290. The first kappa shape index (κ1) is 20.0. The Morgan fingerprint density at radius 2 is 2.03 bits per heavy atom. The fourth-order valence-electron chi connectivity index (χ4n) is 3.62. The number of aromatic nitrogens is 1. The Kier molecular flexibility index (Phi) is 5.09. The average Bonchev–Trinajstić information content (AvgIpc) is 3.42. The van der Waals surface area contributed by atoms with Crippen LogP contribution in [0.15, 0.2) is 46.5 Å². The van der Waals surface area contributed by atoms with Crippen LogP contribution >= 0.6 is 0 Å². The van der Waals surface area contributed by atoms with Crippen molar-refractivity contribution in [2.45, 2.75) is 20.0 Å². The van der Waals surface area contributed by atoms with Crippen molar-refractivity contribution in [3.05, 3.63) is 64.9 Å². The van der Waals surface area contributed by atoms with Crippen molar-refractivity contribution in [3.63, 3.8) is 0 Å². The molecule has 3 amide bonds. The summed E-state index contributed by atoms with van der Waals surface area (Å²) < 4.78 is 11.9. The predicted molar refractivity (Wildman–Crippen MR) is 113 cm³/mol. The van der Waals surface area contributed by atoms with Crippen molar-refractivity contribution < 1.29 is 23.5 Å². The van der Waals surface area contributed by atoms with E-state index in [1.165, 1.54) is 19.2 Å². The van der Waals surface area contributed by atoms with E-state index in [0.717, 1.165) is 27.1 Å². The highest BCUT2D eigenvalue weighted by Gasteiger charge is 2.34. The smallest absolute Gasteiger partial charge is 0.373 e. The first-order valence-electron chi connectivity index (χ1n) is 9.47. The molecule has 1 aliphatic heterocycles. The second-order valence-electron chi connectivity index (χ2n) is 6.94. The molecule has 4 rings (SSSR count). The third kappa shape index (κ3) is 3.46. The van der Waals surface area contributed by atoms with Gasteiger partial charge in [-0.05, 0) is 31.2 Å². The number of nitrogens with one attached hydrogen (secondary N) is 1. The third-order valence-corrected chi connectivity index (χ3v) is 5.14. The lowest BCUT2D eigenvalue weighted by Crippen LogP contribution is -2.30. The standard InChI is InChI=1S/C23H19N3O5/c1-4-11-25-14(2)17(16-7-5-6-8-19(16)25)12-18-21(27)26(23(29)24-18)13-15-9-10-20(31-15)22(28)30-3/h1,5-10,12H,11,13H2,2-3H3,(H,24,29). The zero-order valence-corrected chi connectivity index (χ0v) is 17.0. The minimum atomic E-state index is -0.636. The zero-order valence-electron chi connectivity index (χ0n) is 17.0. The molecule has 0 saturated carbocycles. The van der Waals surface area contributed by atoms with Crippen LogP contribution in [-0.4, -0.2) is 34.5 Å². The number of imide groups is 1. The SMILES string of the molecule is C#CCn1c(C)c(C=C2NC(=O)N(Cc3ccc(C(=O)OC)o3)C2=O)c2ccccc21. The van der Waals surface area contributed by atoms with Crippen LogP contribution in [0.2, 0.25) is 0 Å². The Morgan fingerprint density at radius 3 is 2.77 bits per heavy atom. The normalized spacial score (nSPS) is 14.9. The minimum Gasteiger partial charge on any atom is -0.463 e. The summed E-state index contributed by atoms with van der Waals surface area (Å²) >= 11 is 0. The van der Waals surface area contributed by atoms with E-state index in [2.05, 4.69) is 16.0 Å². The third-order valence-electron chi connectivity index (χ3n) is 5.14. The highest BCUT2D eigenvalue weighted by Crippen LogP contribution is 2.29. The van der Waals surface area contributed by atoms with Crippen LogP contribution in [0.3, 0.4) is 0 Å². The van der Waals surface area contributed by atoms with Gasteiger partial charge in [-0.15, -0.1) is 6.42 Å². The van der Waals surface area contributed by atoms with Gasteiger partial charge in [-0.2, -0.15) is 0 Å². The molecule has 2 aromatic heterocycles. The summed E-state index contributed by atoms with van der Waals surface area (Å²) in [5, 5.41) is 3.54. The number of carbonyl (C=O) groups is 3. The lowest BCUT2D eigenvalue weighted by atomic mass is 10.1. The first-order valence-corrected chi connectivity index (χ1v) is 9.47. The van der Waals surface area contributed by atoms with Gasteiger partial charge in [-0.25, -0.2) is 9.59 Å². The molecule has 1 aliphatic rings. The van der Waals surface area contributed by atoms with E-state index in [9.17, 15) is 14.4 Å². The van der Waals surface area contributed by atoms with Gasteiger partial charge in [0, 0.05) is 22.2 Å². The lowest BCUT2D eigenvalue weighted by molar-refractivity contribution is -0.123. The van der Waals surface area contributed by atoms with Gasteiger partial charge < -0.3 is 19.0 Å². The Labute approximate surface area is 178 Å². The number of amides is 3. The molecule has 31 heavy (non-hydrogen) atoms. The molecule has 1 fully saturated rings. The monoisotopic (exact) mass is 417 g/mol. The van der Waals surface area contributed by atoms with E-state index < -0.39 is 17.9 Å². The molecule has 0 atom stereocenters. The molecule has 0 bridgehead atoms. The van der Waals surface area contributed by atoms with Crippen molar-refractivity contribution in [2.24, 2.45) is 0 Å². The number of para-hydroxylation sites is 1. The quantitative estimate of drug-likeness (QED) is 0.298. The number of hydrogen-bond acceptors (Lipinski definition) is 5. The van der Waals surface area contributed by atoms with Crippen LogP contribution in [0.25, 0.3) is 17.0 Å². The topological polar surface area (TPSA) is 93.8 Å². The molecule has 8 nitrogen and oxygen atoms in total. The Morgan fingerprint density at radius 1 is 1.26 bits per heavy atom. The second-order valence-corrected chi connectivity index (χ2v) is 6.94. The molecule has 1 aromatic carbocycles. The van der Waals surface area contributed by atoms with E-state index in [-0.39, 0.29) is 23.8 Å². The number of nitrogens with zero attached hydrogens (tertiary/aromatic N) is 2. The molecule has 1 saturated heterocycles. The number of terminal acetylenes is 1. The van der Waals surface area contributed by atoms with Crippen molar-refractivity contribution in [3.8, 4) is 12.3 Å². The van der Waals surface area contributed by atoms with E-state index in [0.29, 0.717) is 6.54 Å². The van der Waals surface area contributed by atoms with Crippen LogP contribution in [-0.2, 0) is 22.6 Å². The molecule has 0 unspecified atom stereocenters. The molecular weight excluding hydrogens is 398 g/mol. The number of carbonyl (C=O) groups excluding carboxylic acids is 3. The molecule has 0 radical (unpaired) electrons. The van der Waals surface area contributed by atoms with E-state index in [4.69, 9.17) is 10.8 Å². The van der Waals surface area contributed by atoms with Crippen molar-refractivity contribution in [1.29, 1.82) is 0 Å². The van der Waals surface area contributed by atoms with Crippen LogP contribution in [0.4, 0.5) is 4.79 Å². The van der Waals surface area contributed by atoms with Gasteiger partial charge in [-0.3, -0.25) is 9.69 Å². The van der Waals surface area contributed by atoms with Gasteiger partial charge in [0.25, 0.3) is 5.91 Å². The lowest BCUT2D eigenvalue weighted by Gasteiger charge is -2.09. The van der Waals surface area contributed by atoms with E-state index >= 15 is 0 Å². The maximum Gasteiger partial charge on any atom is 0.373 e. The van der Waals surface area contributed by atoms with Gasteiger partial charge >= 0.3 is 12.0 Å². The van der Waals surface area contributed by atoms with E-state index in [1.54, 1.807) is 6.08 Å². The first-order chi connectivity index (χ1) is 14.9. The van der Waals surface area contributed by atoms with Gasteiger partial charge in [0.1, 0.15) is 11.5 Å². The van der Waals surface area contributed by atoms with Crippen molar-refractivity contribution >= 4 is 34.9 Å². The molecule has 0 aliphatic carbocycles. The maximum absolute atomic E-state index is 12.9. The fourth-order valence-corrected chi connectivity index (χ4v) is 3.62. The van der Waals surface area contributed by atoms with Crippen LogP contribution in [0, 0.1) is 19.3 Å². The molecule has 1 N–H and O–H groups in total. The summed E-state index contributed by atoms with van der Waals surface area (Å²) in [5.74, 6) is 1.80. The number of hydrogen-bond donors (Lipinski definition) is 1. The predicted octanol–water partition coefficient (Wildman–Crippen LogP) is 3.06. The van der Waals surface area contributed by atoms with Crippen LogP contribution in [0.5, 0.6) is 0 Å². The molecular formula is C23H19N3O5. The van der Waals surface area contributed by atoms with Crippen LogP contribution in [0.1, 0.15) is 27.6 Å². The molecule has 3 aromatic rings. The number of esters is 1. The summed E-state index contributed by atoms with van der Waals surface area (Å²) in [5.41, 5.74) is 2.80. The minimum absolute atomic E-state index is 0.00253. The largest absolute Gasteiger partial charge is 0.463 e. The number of methoxy groups -OCH3 is 1. The fraction of sp³-hybridized carbons (Fsp3) is 0.174. The number of urea groups is 1. The number of furan rings is 1. The highest BCUT2D eigenvalue weighted by molar-refractivity contribution is 6.14. The number of rotatable bonds is 5. The van der Waals surface area contributed by atoms with Gasteiger partial charge in [-0.1, -0.05) is 24.1 Å². The van der Waals surface area contributed by atoms with Crippen molar-refractivity contribution in [1.82, 2.24) is 14.8 Å². The highest BCUT2D eigenvalue weighted by atomic mass is 16.5. The molecule has 8 heteroatoms. The Hall–Kier alpha value is -4.25.